The number of benzene rings is 6. The second-order valence-corrected chi connectivity index (χ2v) is 16.6. The van der Waals surface area contributed by atoms with Crippen molar-refractivity contribution in [1.29, 1.82) is 0 Å². The van der Waals surface area contributed by atoms with Gasteiger partial charge in [-0.1, -0.05) is 168 Å². The Kier molecular flexibility index (Phi) is 7.49. The molecule has 8 aromatic rings. The SMILES string of the molecule is c1ccc(-c2nc3cc4c(cc3nc2-c2ccccc2)SC(=C2Sc3cc5nc(-c6ccccc6)c(-c6ccccc6)nc5cc3S2)S4)cc1. The maximum atomic E-state index is 5.22. The number of hydrogen-bond donors (Lipinski definition) is 0. The van der Waals surface area contributed by atoms with Crippen LogP contribution in [0.25, 0.3) is 67.1 Å². The molecule has 6 aromatic carbocycles. The van der Waals surface area contributed by atoms with Crippen molar-refractivity contribution in [2.24, 2.45) is 0 Å². The van der Waals surface area contributed by atoms with Crippen molar-refractivity contribution in [1.82, 2.24) is 19.9 Å². The Balaban J connectivity index is 1.02. The van der Waals surface area contributed by atoms with E-state index < -0.39 is 0 Å². The Hall–Kier alpha value is -4.86. The summed E-state index contributed by atoms with van der Waals surface area (Å²) in [6, 6.07) is 50.2. The van der Waals surface area contributed by atoms with Crippen molar-refractivity contribution in [3.63, 3.8) is 0 Å². The molecule has 0 aliphatic carbocycles. The molecule has 0 unspecified atom stereocenters. The molecule has 0 fully saturated rings. The Morgan fingerprint density at radius 3 is 0.720 bits per heavy atom. The molecule has 4 nitrogen and oxygen atoms in total. The molecule has 0 N–H and O–H groups in total. The third-order valence-corrected chi connectivity index (χ3v) is 14.2. The van der Waals surface area contributed by atoms with Crippen LogP contribution in [0.4, 0.5) is 0 Å². The topological polar surface area (TPSA) is 51.6 Å². The molecule has 0 radical (unpaired) electrons. The molecule has 8 heteroatoms. The van der Waals surface area contributed by atoms with Crippen LogP contribution in [0.2, 0.25) is 0 Å². The van der Waals surface area contributed by atoms with Crippen LogP contribution >= 0.6 is 47.0 Å². The van der Waals surface area contributed by atoms with Gasteiger partial charge >= 0.3 is 0 Å². The fraction of sp³-hybridized carbons (Fsp3) is 0. The molecule has 0 saturated heterocycles. The van der Waals surface area contributed by atoms with Gasteiger partial charge in [-0.2, -0.15) is 0 Å². The first-order valence-electron chi connectivity index (χ1n) is 16.1. The van der Waals surface area contributed by atoms with Gasteiger partial charge in [-0.3, -0.25) is 0 Å². The number of fused-ring (bicyclic) bond motifs is 4. The van der Waals surface area contributed by atoms with E-state index >= 15 is 0 Å². The molecule has 0 bridgehead atoms. The van der Waals surface area contributed by atoms with Crippen LogP contribution in [0.1, 0.15) is 0 Å². The van der Waals surface area contributed by atoms with Crippen molar-refractivity contribution in [2.75, 3.05) is 0 Å². The number of hydrogen-bond acceptors (Lipinski definition) is 8. The zero-order valence-electron chi connectivity index (χ0n) is 26.3. The highest BCUT2D eigenvalue weighted by Gasteiger charge is 2.29. The van der Waals surface area contributed by atoms with Crippen LogP contribution in [0.3, 0.4) is 0 Å². The third kappa shape index (κ3) is 5.40. The molecule has 0 amide bonds. The van der Waals surface area contributed by atoms with Gasteiger partial charge in [-0.15, -0.1) is 0 Å². The lowest BCUT2D eigenvalue weighted by atomic mass is 10.0. The predicted octanol–water partition coefficient (Wildman–Crippen LogP) is 12.5. The second kappa shape index (κ2) is 12.5. The molecule has 2 aliphatic rings. The predicted molar refractivity (Wildman–Crippen MR) is 211 cm³/mol. The largest absolute Gasteiger partial charge is 0.244 e. The Labute approximate surface area is 305 Å². The van der Waals surface area contributed by atoms with Gasteiger partial charge in [0.15, 0.2) is 0 Å². The van der Waals surface area contributed by atoms with Crippen molar-refractivity contribution >= 4 is 69.1 Å². The number of nitrogens with zero attached hydrogens (tertiary/aromatic N) is 4. The third-order valence-electron chi connectivity index (χ3n) is 8.63. The minimum atomic E-state index is 0.899. The molecular formula is C42H24N4S4. The van der Waals surface area contributed by atoms with Gasteiger partial charge in [0, 0.05) is 41.8 Å². The minimum Gasteiger partial charge on any atom is -0.244 e. The van der Waals surface area contributed by atoms with E-state index in [0.717, 1.165) is 67.1 Å². The monoisotopic (exact) mass is 712 g/mol. The Bertz CT molecular complexity index is 2270. The van der Waals surface area contributed by atoms with Gasteiger partial charge in [-0.05, 0) is 24.3 Å². The van der Waals surface area contributed by atoms with Crippen LogP contribution in [-0.4, -0.2) is 19.9 Å². The number of aromatic nitrogens is 4. The molecule has 4 heterocycles. The highest BCUT2D eigenvalue weighted by molar-refractivity contribution is 8.30. The van der Waals surface area contributed by atoms with E-state index in [-0.39, 0.29) is 0 Å². The molecule has 10 rings (SSSR count). The van der Waals surface area contributed by atoms with Crippen molar-refractivity contribution in [2.45, 2.75) is 19.6 Å². The zero-order valence-corrected chi connectivity index (χ0v) is 29.5. The smallest absolute Gasteiger partial charge is 0.0973 e. The van der Waals surface area contributed by atoms with Crippen LogP contribution < -0.4 is 0 Å². The van der Waals surface area contributed by atoms with E-state index in [1.54, 1.807) is 0 Å². The van der Waals surface area contributed by atoms with E-state index in [4.69, 9.17) is 19.9 Å². The lowest BCUT2D eigenvalue weighted by Crippen LogP contribution is -1.95. The summed E-state index contributed by atoms with van der Waals surface area (Å²) in [5.74, 6) is 0. The first kappa shape index (κ1) is 30.0. The van der Waals surface area contributed by atoms with Crippen molar-refractivity contribution < 1.29 is 0 Å². The minimum absolute atomic E-state index is 0.899. The van der Waals surface area contributed by atoms with Crippen LogP contribution in [0, 0.1) is 0 Å². The van der Waals surface area contributed by atoms with E-state index in [2.05, 4.69) is 121 Å². The van der Waals surface area contributed by atoms with E-state index in [1.807, 2.05) is 71.3 Å². The summed E-state index contributed by atoms with van der Waals surface area (Å²) in [5.41, 5.74) is 11.5. The van der Waals surface area contributed by atoms with Crippen molar-refractivity contribution in [3.8, 4) is 45.0 Å². The van der Waals surface area contributed by atoms with Gasteiger partial charge in [0.2, 0.25) is 0 Å². The zero-order chi connectivity index (χ0) is 33.0. The summed E-state index contributed by atoms with van der Waals surface area (Å²) in [5, 5.41) is 0. The number of rotatable bonds is 4. The number of thioether (sulfide) groups is 4. The molecule has 0 spiro atoms. The average molecular weight is 713 g/mol. The summed E-state index contributed by atoms with van der Waals surface area (Å²) in [6.45, 7) is 0. The summed E-state index contributed by atoms with van der Waals surface area (Å²) >= 11 is 7.31. The molecule has 2 aromatic heterocycles. The van der Waals surface area contributed by atoms with Crippen LogP contribution in [0.5, 0.6) is 0 Å². The van der Waals surface area contributed by atoms with Gasteiger partial charge in [0.05, 0.1) is 53.3 Å². The van der Waals surface area contributed by atoms with E-state index in [1.165, 1.54) is 28.1 Å². The van der Waals surface area contributed by atoms with Gasteiger partial charge in [-0.25, -0.2) is 19.9 Å². The maximum Gasteiger partial charge on any atom is 0.0973 e. The fourth-order valence-electron chi connectivity index (χ4n) is 6.24. The second-order valence-electron chi connectivity index (χ2n) is 11.9. The van der Waals surface area contributed by atoms with Crippen LogP contribution in [-0.2, 0) is 0 Å². The molecule has 236 valence electrons. The Morgan fingerprint density at radius 2 is 0.500 bits per heavy atom. The maximum absolute atomic E-state index is 5.22. The lowest BCUT2D eigenvalue weighted by molar-refractivity contribution is 1.22. The van der Waals surface area contributed by atoms with Gasteiger partial charge in [0.1, 0.15) is 0 Å². The standard InChI is InChI=1S/C42H24N4S4/c1-5-13-25(14-6-1)37-38(26-15-7-2-8-16-26)44-30-22-34-33(21-29(30)43-37)47-41(48-34)42-49-35-23-31-32(24-36(35)50-42)46-40(28-19-11-4-12-20-28)39(45-31)27-17-9-3-10-18-27/h1-24H. The first-order chi connectivity index (χ1) is 24.7. The highest BCUT2D eigenvalue weighted by atomic mass is 32.2. The summed E-state index contributed by atoms with van der Waals surface area (Å²) in [4.78, 5) is 25.7. The first-order valence-corrected chi connectivity index (χ1v) is 19.4. The lowest BCUT2D eigenvalue weighted by Gasteiger charge is -2.11. The van der Waals surface area contributed by atoms with Gasteiger partial charge in [0.25, 0.3) is 0 Å². The average Bonchev–Trinajstić information content (AvgIpc) is 3.80. The normalized spacial score (nSPS) is 13.6. The summed E-state index contributed by atoms with van der Waals surface area (Å²) in [7, 11) is 0. The van der Waals surface area contributed by atoms with E-state index in [9.17, 15) is 0 Å². The molecule has 0 saturated carbocycles. The fourth-order valence-corrected chi connectivity index (χ4v) is 11.6. The molecule has 2 aliphatic heterocycles. The quantitative estimate of drug-likeness (QED) is 0.179. The molecular weight excluding hydrogens is 689 g/mol. The summed E-state index contributed by atoms with van der Waals surface area (Å²) in [6.07, 6.45) is 0. The molecule has 0 atom stereocenters. The summed E-state index contributed by atoms with van der Waals surface area (Å²) < 4.78 is 2.57. The van der Waals surface area contributed by atoms with Gasteiger partial charge < -0.3 is 0 Å². The highest BCUT2D eigenvalue weighted by Crippen LogP contribution is 2.62. The van der Waals surface area contributed by atoms with Crippen molar-refractivity contribution in [3.05, 3.63) is 154 Å². The van der Waals surface area contributed by atoms with E-state index in [0.29, 0.717) is 0 Å². The van der Waals surface area contributed by atoms with Crippen LogP contribution in [0.15, 0.2) is 174 Å². The molecule has 50 heavy (non-hydrogen) atoms. The Morgan fingerprint density at radius 1 is 0.280 bits per heavy atom.